The van der Waals surface area contributed by atoms with Crippen molar-refractivity contribution < 1.29 is 4.42 Å². The number of benzene rings is 1. The highest BCUT2D eigenvalue weighted by Crippen LogP contribution is 2.11. The lowest BCUT2D eigenvalue weighted by Gasteiger charge is -1.95. The highest BCUT2D eigenvalue weighted by atomic mass is 32.1. The quantitative estimate of drug-likeness (QED) is 0.602. The Balaban J connectivity index is 2.49. The molecule has 0 unspecified atom stereocenters. The van der Waals surface area contributed by atoms with Crippen LogP contribution in [0, 0.1) is 11.8 Å². The van der Waals surface area contributed by atoms with Gasteiger partial charge in [0, 0.05) is 23.8 Å². The lowest BCUT2D eigenvalue weighted by molar-refractivity contribution is 0.602. The summed E-state index contributed by atoms with van der Waals surface area (Å²) in [6, 6.07) is 6.78. The van der Waals surface area contributed by atoms with E-state index in [2.05, 4.69) is 24.5 Å². The molecule has 80 valence electrons. The Morgan fingerprint density at radius 3 is 3.00 bits per heavy atom. The van der Waals surface area contributed by atoms with Gasteiger partial charge in [0.1, 0.15) is 5.58 Å². The Hall–Kier alpha value is -1.66. The van der Waals surface area contributed by atoms with Gasteiger partial charge in [-0.2, -0.15) is 12.6 Å². The fraction of sp³-hybridized carbons (Fsp3) is 0.154. The van der Waals surface area contributed by atoms with Gasteiger partial charge in [0.05, 0.1) is 11.6 Å². The van der Waals surface area contributed by atoms with E-state index >= 15 is 0 Å². The van der Waals surface area contributed by atoms with Crippen LogP contribution in [0.15, 0.2) is 39.7 Å². The topological polar surface area (TPSA) is 30.2 Å². The van der Waals surface area contributed by atoms with E-state index in [0.717, 1.165) is 17.7 Å². The van der Waals surface area contributed by atoms with Crippen molar-refractivity contribution >= 4 is 23.6 Å². The minimum absolute atomic E-state index is 0.0425. The maximum atomic E-state index is 11.5. The molecule has 2 nitrogen and oxygen atoms in total. The van der Waals surface area contributed by atoms with Gasteiger partial charge in [0.15, 0.2) is 5.43 Å². The monoisotopic (exact) mass is 230 g/mol. The van der Waals surface area contributed by atoms with Crippen LogP contribution < -0.4 is 5.43 Å². The number of hydrogen-bond donors (Lipinski definition) is 1. The molecule has 0 fully saturated rings. The van der Waals surface area contributed by atoms with Gasteiger partial charge in [-0.25, -0.2) is 0 Å². The Morgan fingerprint density at radius 1 is 1.31 bits per heavy atom. The van der Waals surface area contributed by atoms with Gasteiger partial charge in [0.2, 0.25) is 0 Å². The third-order valence-corrected chi connectivity index (χ3v) is 2.35. The maximum absolute atomic E-state index is 11.5. The van der Waals surface area contributed by atoms with E-state index in [1.807, 2.05) is 6.07 Å². The average molecular weight is 230 g/mol. The summed E-state index contributed by atoms with van der Waals surface area (Å²) in [5, 5.41) is 0.570. The van der Waals surface area contributed by atoms with Gasteiger partial charge in [-0.15, -0.1) is 0 Å². The lowest BCUT2D eigenvalue weighted by atomic mass is 10.1. The summed E-state index contributed by atoms with van der Waals surface area (Å²) in [7, 11) is 0. The third kappa shape index (κ3) is 2.29. The molecule has 0 aliphatic heterocycles. The number of fused-ring (bicyclic) bond motifs is 1. The fourth-order valence-corrected chi connectivity index (χ4v) is 1.49. The second kappa shape index (κ2) is 4.91. The first kappa shape index (κ1) is 10.8. The first-order valence-electron chi connectivity index (χ1n) is 4.92. The van der Waals surface area contributed by atoms with E-state index in [9.17, 15) is 4.79 Å². The van der Waals surface area contributed by atoms with Crippen LogP contribution in [0.2, 0.25) is 0 Å². The molecule has 1 aromatic heterocycles. The molecular formula is C13H10O2S. The second-order valence-corrected chi connectivity index (χ2v) is 3.72. The number of rotatable bonds is 1. The van der Waals surface area contributed by atoms with E-state index < -0.39 is 0 Å². The third-order valence-electron chi connectivity index (χ3n) is 2.13. The van der Waals surface area contributed by atoms with Gasteiger partial charge in [-0.1, -0.05) is 11.8 Å². The molecule has 0 saturated heterocycles. The zero-order valence-corrected chi connectivity index (χ0v) is 9.46. The molecule has 0 amide bonds. The molecule has 2 rings (SSSR count). The summed E-state index contributed by atoms with van der Waals surface area (Å²) in [5.41, 5.74) is 1.37. The summed E-state index contributed by atoms with van der Waals surface area (Å²) < 4.78 is 5.21. The van der Waals surface area contributed by atoms with Gasteiger partial charge >= 0.3 is 0 Å². The van der Waals surface area contributed by atoms with Crippen LogP contribution >= 0.6 is 12.6 Å². The van der Waals surface area contributed by atoms with Crippen molar-refractivity contribution in [1.82, 2.24) is 0 Å². The van der Waals surface area contributed by atoms with Crippen molar-refractivity contribution in [2.24, 2.45) is 0 Å². The second-order valence-electron chi connectivity index (χ2n) is 3.27. The highest BCUT2D eigenvalue weighted by Gasteiger charge is 1.99. The van der Waals surface area contributed by atoms with Crippen molar-refractivity contribution in [1.29, 1.82) is 0 Å². The lowest BCUT2D eigenvalue weighted by Crippen LogP contribution is -1.97. The first-order valence-corrected chi connectivity index (χ1v) is 5.56. The van der Waals surface area contributed by atoms with Crippen LogP contribution in [0.3, 0.4) is 0 Å². The minimum Gasteiger partial charge on any atom is -0.464 e. The molecular weight excluding hydrogens is 220 g/mol. The predicted octanol–water partition coefficient (Wildman–Crippen LogP) is 2.46. The minimum atomic E-state index is -0.0425. The van der Waals surface area contributed by atoms with Gasteiger partial charge < -0.3 is 4.42 Å². The zero-order valence-electron chi connectivity index (χ0n) is 8.56. The molecule has 0 spiro atoms. The van der Waals surface area contributed by atoms with E-state index in [1.54, 1.807) is 12.1 Å². The Labute approximate surface area is 98.7 Å². The van der Waals surface area contributed by atoms with Gasteiger partial charge in [-0.3, -0.25) is 4.79 Å². The summed E-state index contributed by atoms with van der Waals surface area (Å²) in [5.74, 6) is 6.70. The van der Waals surface area contributed by atoms with E-state index in [-0.39, 0.29) is 5.43 Å². The van der Waals surface area contributed by atoms with E-state index in [4.69, 9.17) is 4.42 Å². The zero-order chi connectivity index (χ0) is 11.4. The standard InChI is InChI=1S/C13H10O2S/c14-12-6-7-15-13-5-4-10(9-11(12)13)3-1-2-8-16/h4-7,9,16H,2,8H2. The molecule has 3 heteroatoms. The fourth-order valence-electron chi connectivity index (χ4n) is 1.38. The molecule has 0 radical (unpaired) electrons. The summed E-state index contributed by atoms with van der Waals surface area (Å²) >= 11 is 4.07. The van der Waals surface area contributed by atoms with Crippen LogP contribution in [0.25, 0.3) is 11.0 Å². The average Bonchev–Trinajstić information content (AvgIpc) is 2.30. The first-order chi connectivity index (χ1) is 7.81. The van der Waals surface area contributed by atoms with Crippen molar-refractivity contribution in [2.45, 2.75) is 6.42 Å². The summed E-state index contributed by atoms with van der Waals surface area (Å²) in [6.45, 7) is 0. The van der Waals surface area contributed by atoms with Crippen molar-refractivity contribution in [3.8, 4) is 11.8 Å². The van der Waals surface area contributed by atoms with E-state index in [1.165, 1.54) is 12.3 Å². The molecule has 0 atom stereocenters. The molecule has 1 aromatic carbocycles. The molecule has 0 aliphatic rings. The Kier molecular flexibility index (Phi) is 3.33. The Bertz CT molecular complexity index is 617. The summed E-state index contributed by atoms with van der Waals surface area (Å²) in [4.78, 5) is 11.5. The molecule has 0 N–H and O–H groups in total. The summed E-state index contributed by atoms with van der Waals surface area (Å²) in [6.07, 6.45) is 2.14. The van der Waals surface area contributed by atoms with Crippen LogP contribution in [0.5, 0.6) is 0 Å². The predicted molar refractivity (Wildman–Crippen MR) is 67.8 cm³/mol. The Morgan fingerprint density at radius 2 is 2.19 bits per heavy atom. The van der Waals surface area contributed by atoms with Crippen molar-refractivity contribution in [2.75, 3.05) is 5.75 Å². The van der Waals surface area contributed by atoms with Crippen LogP contribution in [0.4, 0.5) is 0 Å². The largest absolute Gasteiger partial charge is 0.464 e. The normalized spacial score (nSPS) is 9.81. The molecule has 1 heterocycles. The number of thiol groups is 1. The SMILES string of the molecule is O=c1ccoc2ccc(C#CCCS)cc12. The highest BCUT2D eigenvalue weighted by molar-refractivity contribution is 7.80. The van der Waals surface area contributed by atoms with Crippen molar-refractivity contribution in [3.05, 3.63) is 46.3 Å². The van der Waals surface area contributed by atoms with Crippen LogP contribution in [0.1, 0.15) is 12.0 Å². The maximum Gasteiger partial charge on any atom is 0.192 e. The molecule has 2 aromatic rings. The van der Waals surface area contributed by atoms with E-state index in [0.29, 0.717) is 11.0 Å². The molecule has 16 heavy (non-hydrogen) atoms. The molecule has 0 aliphatic carbocycles. The van der Waals surface area contributed by atoms with Crippen molar-refractivity contribution in [3.63, 3.8) is 0 Å². The smallest absolute Gasteiger partial charge is 0.192 e. The molecule has 0 saturated carbocycles. The molecule has 0 bridgehead atoms. The van der Waals surface area contributed by atoms with Crippen LogP contribution in [-0.2, 0) is 0 Å². The van der Waals surface area contributed by atoms with Gasteiger partial charge in [-0.05, 0) is 18.2 Å². The van der Waals surface area contributed by atoms with Gasteiger partial charge in [0.25, 0.3) is 0 Å². The van der Waals surface area contributed by atoms with Crippen LogP contribution in [-0.4, -0.2) is 5.75 Å². The number of hydrogen-bond acceptors (Lipinski definition) is 3.